The molecule has 2 rings (SSSR count). The molecule has 16 heavy (non-hydrogen) atoms. The maximum absolute atomic E-state index is 12.0. The predicted molar refractivity (Wildman–Crippen MR) is 64.5 cm³/mol. The molecule has 0 atom stereocenters. The molecule has 0 spiro atoms. The number of nitrogens with one attached hydrogen (secondary N) is 1. The number of aromatic nitrogens is 2. The van der Waals surface area contributed by atoms with E-state index in [-0.39, 0.29) is 11.4 Å². The zero-order chi connectivity index (χ0) is 11.4. The predicted octanol–water partition coefficient (Wildman–Crippen LogP) is 1.91. The third-order valence-corrected chi connectivity index (χ3v) is 4.11. The SMILES string of the molecule is O=C(NC1(CBr)CCCC1)c1ccnnc1. The molecule has 1 aromatic rings. The third kappa shape index (κ3) is 2.40. The van der Waals surface area contributed by atoms with Gasteiger partial charge in [-0.05, 0) is 18.9 Å². The van der Waals surface area contributed by atoms with Gasteiger partial charge in [0, 0.05) is 5.33 Å². The number of rotatable bonds is 3. The number of hydrogen-bond acceptors (Lipinski definition) is 3. The van der Waals surface area contributed by atoms with E-state index in [2.05, 4.69) is 31.4 Å². The summed E-state index contributed by atoms with van der Waals surface area (Å²) in [6.07, 6.45) is 7.47. The Morgan fingerprint density at radius 2 is 2.19 bits per heavy atom. The lowest BCUT2D eigenvalue weighted by atomic mass is 10.0. The normalized spacial score (nSPS) is 18.3. The summed E-state index contributed by atoms with van der Waals surface area (Å²) >= 11 is 3.49. The van der Waals surface area contributed by atoms with E-state index < -0.39 is 0 Å². The first-order valence-electron chi connectivity index (χ1n) is 5.41. The summed E-state index contributed by atoms with van der Waals surface area (Å²) in [6.45, 7) is 0. The van der Waals surface area contributed by atoms with Gasteiger partial charge in [0.15, 0.2) is 0 Å². The number of alkyl halides is 1. The highest BCUT2D eigenvalue weighted by Crippen LogP contribution is 2.31. The van der Waals surface area contributed by atoms with E-state index in [9.17, 15) is 4.79 Å². The maximum Gasteiger partial charge on any atom is 0.253 e. The van der Waals surface area contributed by atoms with Crippen molar-refractivity contribution in [3.8, 4) is 0 Å². The minimum Gasteiger partial charge on any atom is -0.346 e. The van der Waals surface area contributed by atoms with Crippen molar-refractivity contribution in [1.82, 2.24) is 15.5 Å². The van der Waals surface area contributed by atoms with Crippen molar-refractivity contribution < 1.29 is 4.79 Å². The maximum atomic E-state index is 12.0. The average Bonchev–Trinajstić information content (AvgIpc) is 2.79. The van der Waals surface area contributed by atoms with E-state index >= 15 is 0 Å². The molecule has 1 aromatic heterocycles. The van der Waals surface area contributed by atoms with Crippen molar-refractivity contribution in [3.63, 3.8) is 0 Å². The topological polar surface area (TPSA) is 54.9 Å². The highest BCUT2D eigenvalue weighted by Gasteiger charge is 2.34. The van der Waals surface area contributed by atoms with Crippen molar-refractivity contribution >= 4 is 21.8 Å². The van der Waals surface area contributed by atoms with E-state index in [1.54, 1.807) is 6.07 Å². The van der Waals surface area contributed by atoms with E-state index in [0.717, 1.165) is 18.2 Å². The second kappa shape index (κ2) is 4.91. The minimum atomic E-state index is -0.0691. The Labute approximate surface area is 103 Å². The molecular formula is C11H14BrN3O. The number of halogens is 1. The van der Waals surface area contributed by atoms with E-state index in [1.165, 1.54) is 25.2 Å². The Morgan fingerprint density at radius 1 is 1.44 bits per heavy atom. The first-order chi connectivity index (χ1) is 7.76. The number of nitrogens with zero attached hydrogens (tertiary/aromatic N) is 2. The van der Waals surface area contributed by atoms with Crippen LogP contribution in [0.4, 0.5) is 0 Å². The van der Waals surface area contributed by atoms with Gasteiger partial charge in [-0.2, -0.15) is 10.2 Å². The van der Waals surface area contributed by atoms with Gasteiger partial charge in [-0.15, -0.1) is 0 Å². The van der Waals surface area contributed by atoms with Crippen LogP contribution in [0.25, 0.3) is 0 Å². The molecular weight excluding hydrogens is 270 g/mol. The van der Waals surface area contributed by atoms with Crippen molar-refractivity contribution in [2.75, 3.05) is 5.33 Å². The standard InChI is InChI=1S/C11H14BrN3O/c12-8-11(4-1-2-5-11)15-10(16)9-3-6-13-14-7-9/h3,6-7H,1-2,4-5,8H2,(H,15,16). The molecule has 0 aliphatic heterocycles. The Bertz CT molecular complexity index is 363. The van der Waals surface area contributed by atoms with Crippen LogP contribution in [0.3, 0.4) is 0 Å². The van der Waals surface area contributed by atoms with E-state index in [1.807, 2.05) is 0 Å². The van der Waals surface area contributed by atoms with E-state index in [4.69, 9.17) is 0 Å². The summed E-state index contributed by atoms with van der Waals surface area (Å²) in [4.78, 5) is 12.0. The summed E-state index contributed by atoms with van der Waals surface area (Å²) in [5.41, 5.74) is 0.502. The molecule has 1 saturated carbocycles. The van der Waals surface area contributed by atoms with Gasteiger partial charge in [0.25, 0.3) is 5.91 Å². The van der Waals surface area contributed by atoms with Gasteiger partial charge >= 0.3 is 0 Å². The fourth-order valence-corrected chi connectivity index (χ4v) is 2.78. The summed E-state index contributed by atoms with van der Waals surface area (Å²) in [5, 5.41) is 11.3. The van der Waals surface area contributed by atoms with Gasteiger partial charge in [-0.25, -0.2) is 0 Å². The molecule has 5 heteroatoms. The molecule has 0 unspecified atom stereocenters. The lowest BCUT2D eigenvalue weighted by molar-refractivity contribution is 0.0910. The van der Waals surface area contributed by atoms with Crippen LogP contribution < -0.4 is 5.32 Å². The number of carbonyl (C=O) groups is 1. The largest absolute Gasteiger partial charge is 0.346 e. The van der Waals surface area contributed by atoms with Crippen molar-refractivity contribution in [2.24, 2.45) is 0 Å². The Kier molecular flexibility index (Phi) is 3.53. The first-order valence-corrected chi connectivity index (χ1v) is 6.53. The smallest absolute Gasteiger partial charge is 0.253 e. The average molecular weight is 284 g/mol. The lowest BCUT2D eigenvalue weighted by Gasteiger charge is -2.27. The van der Waals surface area contributed by atoms with E-state index in [0.29, 0.717) is 5.56 Å². The summed E-state index contributed by atoms with van der Waals surface area (Å²) < 4.78 is 0. The molecule has 0 radical (unpaired) electrons. The van der Waals surface area contributed by atoms with Gasteiger partial charge in [0.2, 0.25) is 0 Å². The summed E-state index contributed by atoms with van der Waals surface area (Å²) in [5.74, 6) is -0.0590. The van der Waals surface area contributed by atoms with Gasteiger partial charge < -0.3 is 5.32 Å². The fourth-order valence-electron chi connectivity index (χ4n) is 2.08. The molecule has 86 valence electrons. The quantitative estimate of drug-likeness (QED) is 0.863. The van der Waals surface area contributed by atoms with Crippen LogP contribution >= 0.6 is 15.9 Å². The van der Waals surface area contributed by atoms with Crippen molar-refractivity contribution in [1.29, 1.82) is 0 Å². The van der Waals surface area contributed by atoms with Gasteiger partial charge in [-0.3, -0.25) is 4.79 Å². The minimum absolute atomic E-state index is 0.0590. The third-order valence-electron chi connectivity index (χ3n) is 3.04. The van der Waals surface area contributed by atoms with Crippen LogP contribution in [0.5, 0.6) is 0 Å². The Balaban J connectivity index is 2.07. The molecule has 1 aliphatic rings. The number of hydrogen-bond donors (Lipinski definition) is 1. The monoisotopic (exact) mass is 283 g/mol. The van der Waals surface area contributed by atoms with Gasteiger partial charge in [0.1, 0.15) is 0 Å². The van der Waals surface area contributed by atoms with Gasteiger partial charge in [-0.1, -0.05) is 28.8 Å². The fraction of sp³-hybridized carbons (Fsp3) is 0.545. The molecule has 0 saturated heterocycles. The highest BCUT2D eigenvalue weighted by atomic mass is 79.9. The molecule has 1 fully saturated rings. The van der Waals surface area contributed by atoms with Crippen LogP contribution in [-0.4, -0.2) is 27.0 Å². The zero-order valence-electron chi connectivity index (χ0n) is 8.95. The van der Waals surface area contributed by atoms with Crippen LogP contribution in [-0.2, 0) is 0 Å². The zero-order valence-corrected chi connectivity index (χ0v) is 10.5. The number of amides is 1. The summed E-state index contributed by atoms with van der Waals surface area (Å²) in [7, 11) is 0. The van der Waals surface area contributed by atoms with Crippen LogP contribution in [0.2, 0.25) is 0 Å². The van der Waals surface area contributed by atoms with Crippen LogP contribution in [0.1, 0.15) is 36.0 Å². The van der Waals surface area contributed by atoms with Crippen LogP contribution in [0, 0.1) is 0 Å². The molecule has 1 amide bonds. The van der Waals surface area contributed by atoms with Crippen molar-refractivity contribution in [3.05, 3.63) is 24.0 Å². The number of carbonyl (C=O) groups excluding carboxylic acids is 1. The molecule has 1 heterocycles. The second-order valence-corrected chi connectivity index (χ2v) is 4.77. The lowest BCUT2D eigenvalue weighted by Crippen LogP contribution is -2.47. The highest BCUT2D eigenvalue weighted by molar-refractivity contribution is 9.09. The Morgan fingerprint density at radius 3 is 2.75 bits per heavy atom. The molecule has 1 aliphatic carbocycles. The van der Waals surface area contributed by atoms with Crippen molar-refractivity contribution in [2.45, 2.75) is 31.2 Å². The Hall–Kier alpha value is -0.970. The second-order valence-electron chi connectivity index (χ2n) is 4.21. The van der Waals surface area contributed by atoms with Crippen LogP contribution in [0.15, 0.2) is 18.5 Å². The molecule has 0 bridgehead atoms. The molecule has 4 nitrogen and oxygen atoms in total. The first kappa shape index (κ1) is 11.5. The summed E-state index contributed by atoms with van der Waals surface area (Å²) in [6, 6.07) is 1.68. The van der Waals surface area contributed by atoms with Gasteiger partial charge in [0.05, 0.1) is 23.5 Å². The molecule has 0 aromatic carbocycles. The molecule has 1 N–H and O–H groups in total.